The third-order valence-corrected chi connectivity index (χ3v) is 3.29. The van der Waals surface area contributed by atoms with E-state index in [0.717, 1.165) is 16.1 Å². The molecule has 0 atom stereocenters. The smallest absolute Gasteiger partial charge is 0.188 e. The molecule has 16 heavy (non-hydrogen) atoms. The minimum absolute atomic E-state index is 0.0403. The first kappa shape index (κ1) is 11.0. The number of rotatable bonds is 2. The normalized spacial score (nSPS) is 10.4. The summed E-state index contributed by atoms with van der Waals surface area (Å²) in [5.41, 5.74) is 1.60. The Balaban J connectivity index is 2.47. The molecule has 1 aromatic heterocycles. The number of carbonyl (C=O) groups is 1. The number of ketones is 1. The maximum atomic E-state index is 12.8. The van der Waals surface area contributed by atoms with Crippen LogP contribution < -0.4 is 0 Å². The molecular formula is C12H10FNOS. The molecule has 0 aliphatic rings. The molecule has 0 saturated heterocycles. The molecule has 0 amide bonds. The van der Waals surface area contributed by atoms with Crippen LogP contribution in [0.5, 0.6) is 0 Å². The summed E-state index contributed by atoms with van der Waals surface area (Å²) < 4.78 is 12.8. The SMILES string of the molecule is CC(=O)c1nc(-c2ccc(F)cc2)c(C)s1. The number of hydrogen-bond donors (Lipinski definition) is 0. The van der Waals surface area contributed by atoms with Crippen LogP contribution >= 0.6 is 11.3 Å². The molecule has 0 spiro atoms. The zero-order valence-corrected chi connectivity index (χ0v) is 9.77. The largest absolute Gasteiger partial charge is 0.292 e. The molecule has 0 fully saturated rings. The summed E-state index contributed by atoms with van der Waals surface area (Å²) in [7, 11) is 0. The van der Waals surface area contributed by atoms with E-state index in [1.807, 2.05) is 6.92 Å². The molecule has 82 valence electrons. The minimum atomic E-state index is -0.275. The molecule has 0 saturated carbocycles. The van der Waals surface area contributed by atoms with E-state index in [9.17, 15) is 9.18 Å². The number of hydrogen-bond acceptors (Lipinski definition) is 3. The summed E-state index contributed by atoms with van der Waals surface area (Å²) in [4.78, 5) is 16.4. The first-order chi connectivity index (χ1) is 7.58. The van der Waals surface area contributed by atoms with Crippen LogP contribution in [0.25, 0.3) is 11.3 Å². The van der Waals surface area contributed by atoms with Crippen LogP contribution in [-0.4, -0.2) is 10.8 Å². The van der Waals surface area contributed by atoms with Gasteiger partial charge >= 0.3 is 0 Å². The van der Waals surface area contributed by atoms with E-state index in [-0.39, 0.29) is 11.6 Å². The van der Waals surface area contributed by atoms with Gasteiger partial charge in [-0.2, -0.15) is 0 Å². The Morgan fingerprint density at radius 1 is 1.31 bits per heavy atom. The van der Waals surface area contributed by atoms with Crippen molar-refractivity contribution < 1.29 is 9.18 Å². The van der Waals surface area contributed by atoms with Gasteiger partial charge in [-0.1, -0.05) is 0 Å². The van der Waals surface area contributed by atoms with Gasteiger partial charge in [-0.3, -0.25) is 4.79 Å². The second-order valence-corrected chi connectivity index (χ2v) is 4.69. The van der Waals surface area contributed by atoms with E-state index >= 15 is 0 Å². The van der Waals surface area contributed by atoms with Crippen LogP contribution in [0.15, 0.2) is 24.3 Å². The maximum absolute atomic E-state index is 12.8. The number of Topliss-reactive ketones (excluding diaryl/α,β-unsaturated/α-hetero) is 1. The van der Waals surface area contributed by atoms with E-state index in [0.29, 0.717) is 5.01 Å². The monoisotopic (exact) mass is 235 g/mol. The van der Waals surface area contributed by atoms with Crippen LogP contribution in [0, 0.1) is 12.7 Å². The van der Waals surface area contributed by atoms with Crippen molar-refractivity contribution in [2.75, 3.05) is 0 Å². The topological polar surface area (TPSA) is 30.0 Å². The molecular weight excluding hydrogens is 225 g/mol. The first-order valence-corrected chi connectivity index (χ1v) is 5.64. The van der Waals surface area contributed by atoms with E-state index < -0.39 is 0 Å². The molecule has 0 aliphatic carbocycles. The number of thiazole rings is 1. The lowest BCUT2D eigenvalue weighted by Gasteiger charge is -1.97. The van der Waals surface area contributed by atoms with Crippen molar-refractivity contribution in [1.29, 1.82) is 0 Å². The molecule has 2 nitrogen and oxygen atoms in total. The van der Waals surface area contributed by atoms with Gasteiger partial charge in [0.05, 0.1) is 5.69 Å². The molecule has 0 bridgehead atoms. The lowest BCUT2D eigenvalue weighted by atomic mass is 10.1. The zero-order chi connectivity index (χ0) is 11.7. The van der Waals surface area contributed by atoms with Gasteiger partial charge in [0, 0.05) is 17.4 Å². The number of halogens is 1. The highest BCUT2D eigenvalue weighted by molar-refractivity contribution is 7.14. The van der Waals surface area contributed by atoms with E-state index in [4.69, 9.17) is 0 Å². The zero-order valence-electron chi connectivity index (χ0n) is 8.95. The fourth-order valence-electron chi connectivity index (χ4n) is 1.42. The summed E-state index contributed by atoms with van der Waals surface area (Å²) >= 11 is 1.37. The number of benzene rings is 1. The lowest BCUT2D eigenvalue weighted by Crippen LogP contribution is -1.90. The van der Waals surface area contributed by atoms with E-state index in [2.05, 4.69) is 4.98 Å². The molecule has 1 heterocycles. The molecule has 0 N–H and O–H groups in total. The Kier molecular flexibility index (Phi) is 2.83. The molecule has 0 radical (unpaired) electrons. The summed E-state index contributed by atoms with van der Waals surface area (Å²) in [6.07, 6.45) is 0. The predicted molar refractivity (Wildman–Crippen MR) is 62.2 cm³/mol. The van der Waals surface area contributed by atoms with Crippen molar-refractivity contribution in [1.82, 2.24) is 4.98 Å². The average Bonchev–Trinajstić information content (AvgIpc) is 2.62. The Bertz CT molecular complexity index is 530. The molecule has 0 unspecified atom stereocenters. The van der Waals surface area contributed by atoms with Crippen LogP contribution in [-0.2, 0) is 0 Å². The Labute approximate surface area is 96.8 Å². The highest BCUT2D eigenvalue weighted by Gasteiger charge is 2.12. The van der Waals surface area contributed by atoms with Gasteiger partial charge in [0.1, 0.15) is 5.82 Å². The molecule has 1 aromatic carbocycles. The van der Waals surface area contributed by atoms with Crippen molar-refractivity contribution in [2.45, 2.75) is 13.8 Å². The fraction of sp³-hybridized carbons (Fsp3) is 0.167. The molecule has 0 aliphatic heterocycles. The first-order valence-electron chi connectivity index (χ1n) is 4.82. The minimum Gasteiger partial charge on any atom is -0.292 e. The summed E-state index contributed by atoms with van der Waals surface area (Å²) in [5, 5.41) is 0.497. The number of aromatic nitrogens is 1. The predicted octanol–water partition coefficient (Wildman–Crippen LogP) is 3.46. The van der Waals surface area contributed by atoms with Crippen molar-refractivity contribution >= 4 is 17.1 Å². The second kappa shape index (κ2) is 4.14. The Hall–Kier alpha value is -1.55. The van der Waals surface area contributed by atoms with Gasteiger partial charge in [0.25, 0.3) is 0 Å². The van der Waals surface area contributed by atoms with E-state index in [1.165, 1.54) is 30.4 Å². The highest BCUT2D eigenvalue weighted by atomic mass is 32.1. The van der Waals surface area contributed by atoms with Crippen molar-refractivity contribution in [3.8, 4) is 11.3 Å². The third kappa shape index (κ3) is 2.02. The quantitative estimate of drug-likeness (QED) is 0.746. The van der Waals surface area contributed by atoms with Crippen molar-refractivity contribution in [2.24, 2.45) is 0 Å². The van der Waals surface area contributed by atoms with Crippen molar-refractivity contribution in [3.05, 3.63) is 40.0 Å². The van der Waals surface area contributed by atoms with Gasteiger partial charge in [0.2, 0.25) is 0 Å². The van der Waals surface area contributed by atoms with Gasteiger partial charge in [-0.25, -0.2) is 9.37 Å². The summed E-state index contributed by atoms with van der Waals surface area (Å²) in [6.45, 7) is 3.40. The number of nitrogens with zero attached hydrogens (tertiary/aromatic N) is 1. The number of carbonyl (C=O) groups excluding carboxylic acids is 1. The van der Waals surface area contributed by atoms with Gasteiger partial charge in [-0.05, 0) is 31.2 Å². The lowest BCUT2D eigenvalue weighted by molar-refractivity contribution is 0.101. The average molecular weight is 235 g/mol. The molecule has 2 aromatic rings. The van der Waals surface area contributed by atoms with Crippen LogP contribution in [0.4, 0.5) is 4.39 Å². The second-order valence-electron chi connectivity index (χ2n) is 3.49. The maximum Gasteiger partial charge on any atom is 0.188 e. The molecule has 2 rings (SSSR count). The standard InChI is InChI=1S/C12H10FNOS/c1-7(15)12-14-11(8(2)16-12)9-3-5-10(13)6-4-9/h3-6H,1-2H3. The highest BCUT2D eigenvalue weighted by Crippen LogP contribution is 2.27. The Morgan fingerprint density at radius 3 is 2.44 bits per heavy atom. The van der Waals surface area contributed by atoms with Crippen LogP contribution in [0.1, 0.15) is 21.6 Å². The number of aryl methyl sites for hydroxylation is 1. The summed E-state index contributed by atoms with van der Waals surface area (Å²) in [6, 6.07) is 6.12. The van der Waals surface area contributed by atoms with Gasteiger partial charge in [0.15, 0.2) is 10.8 Å². The third-order valence-electron chi connectivity index (χ3n) is 2.22. The Morgan fingerprint density at radius 2 is 1.94 bits per heavy atom. The van der Waals surface area contributed by atoms with Crippen LogP contribution in [0.2, 0.25) is 0 Å². The fourth-order valence-corrected chi connectivity index (χ4v) is 2.25. The van der Waals surface area contributed by atoms with E-state index in [1.54, 1.807) is 12.1 Å². The van der Waals surface area contributed by atoms with Gasteiger partial charge in [-0.15, -0.1) is 11.3 Å². The van der Waals surface area contributed by atoms with Crippen LogP contribution in [0.3, 0.4) is 0 Å². The molecule has 4 heteroatoms. The summed E-state index contributed by atoms with van der Waals surface area (Å²) in [5.74, 6) is -0.315. The van der Waals surface area contributed by atoms with Gasteiger partial charge < -0.3 is 0 Å². The van der Waals surface area contributed by atoms with Crippen molar-refractivity contribution in [3.63, 3.8) is 0 Å².